The van der Waals surface area contributed by atoms with E-state index in [1.807, 2.05) is 24.3 Å². The molecule has 1 aliphatic rings. The Kier molecular flexibility index (Phi) is 2.73. The third kappa shape index (κ3) is 2.35. The van der Waals surface area contributed by atoms with Crippen molar-refractivity contribution in [3.63, 3.8) is 0 Å². The summed E-state index contributed by atoms with van der Waals surface area (Å²) in [7, 11) is 0. The van der Waals surface area contributed by atoms with Gasteiger partial charge in [0.2, 0.25) is 5.89 Å². The van der Waals surface area contributed by atoms with Crippen LogP contribution in [-0.2, 0) is 6.54 Å². The van der Waals surface area contributed by atoms with E-state index in [0.29, 0.717) is 18.4 Å². The summed E-state index contributed by atoms with van der Waals surface area (Å²) in [4.78, 5) is 4.35. The van der Waals surface area contributed by atoms with Crippen LogP contribution in [-0.4, -0.2) is 10.1 Å². The molecule has 90 valence electrons. The van der Waals surface area contributed by atoms with Crippen molar-refractivity contribution in [2.75, 3.05) is 5.32 Å². The first-order valence-electron chi connectivity index (χ1n) is 5.98. The van der Waals surface area contributed by atoms with Gasteiger partial charge in [0, 0.05) is 17.2 Å². The third-order valence-corrected chi connectivity index (χ3v) is 2.90. The first kappa shape index (κ1) is 10.8. The van der Waals surface area contributed by atoms with Gasteiger partial charge in [-0.3, -0.25) is 0 Å². The number of aromatic nitrogens is 2. The van der Waals surface area contributed by atoms with Crippen LogP contribution < -0.4 is 5.32 Å². The highest BCUT2D eigenvalue weighted by atomic mass is 16.5. The molecule has 18 heavy (non-hydrogen) atoms. The predicted molar refractivity (Wildman–Crippen MR) is 68.0 cm³/mol. The van der Waals surface area contributed by atoms with E-state index in [9.17, 15) is 0 Å². The van der Waals surface area contributed by atoms with Gasteiger partial charge in [-0.1, -0.05) is 17.1 Å². The molecule has 1 aromatic heterocycles. The Morgan fingerprint density at radius 3 is 3.11 bits per heavy atom. The number of benzene rings is 1. The van der Waals surface area contributed by atoms with E-state index in [-0.39, 0.29) is 0 Å². The summed E-state index contributed by atoms with van der Waals surface area (Å²) in [6.07, 6.45) is 7.71. The molecule has 1 aromatic carbocycles. The number of rotatable bonds is 4. The van der Waals surface area contributed by atoms with Crippen molar-refractivity contribution in [1.82, 2.24) is 10.1 Å². The Bertz CT molecular complexity index is 593. The molecule has 1 N–H and O–H groups in total. The molecular weight excluding hydrogens is 226 g/mol. The lowest BCUT2D eigenvalue weighted by atomic mass is 10.2. The summed E-state index contributed by atoms with van der Waals surface area (Å²) in [5.74, 6) is 4.57. The molecule has 0 bridgehead atoms. The fourth-order valence-corrected chi connectivity index (χ4v) is 1.74. The molecule has 1 heterocycles. The summed E-state index contributed by atoms with van der Waals surface area (Å²) in [5, 5.41) is 7.18. The monoisotopic (exact) mass is 239 g/mol. The molecule has 2 aromatic rings. The van der Waals surface area contributed by atoms with Crippen molar-refractivity contribution in [3.05, 3.63) is 41.5 Å². The first-order chi connectivity index (χ1) is 8.85. The van der Waals surface area contributed by atoms with E-state index in [1.165, 1.54) is 12.8 Å². The molecule has 4 nitrogen and oxygen atoms in total. The maximum Gasteiger partial charge on any atom is 0.245 e. The first-order valence-corrected chi connectivity index (χ1v) is 5.98. The fourth-order valence-electron chi connectivity index (χ4n) is 1.74. The van der Waals surface area contributed by atoms with Crippen LogP contribution in [0.25, 0.3) is 0 Å². The van der Waals surface area contributed by atoms with Crippen LogP contribution in [0, 0.1) is 12.3 Å². The predicted octanol–water partition coefficient (Wildman–Crippen LogP) is 2.54. The van der Waals surface area contributed by atoms with E-state index >= 15 is 0 Å². The molecule has 0 amide bonds. The van der Waals surface area contributed by atoms with Crippen molar-refractivity contribution in [1.29, 1.82) is 0 Å². The molecule has 0 unspecified atom stereocenters. The van der Waals surface area contributed by atoms with Gasteiger partial charge in [-0.2, -0.15) is 4.98 Å². The summed E-state index contributed by atoms with van der Waals surface area (Å²) in [6, 6.07) is 7.68. The smallest absolute Gasteiger partial charge is 0.245 e. The zero-order chi connectivity index (χ0) is 12.4. The van der Waals surface area contributed by atoms with Gasteiger partial charge in [0.15, 0.2) is 5.82 Å². The van der Waals surface area contributed by atoms with Crippen LogP contribution in [0.1, 0.15) is 36.0 Å². The Hall–Kier alpha value is -2.28. The highest BCUT2D eigenvalue weighted by molar-refractivity contribution is 5.49. The fraction of sp³-hybridized carbons (Fsp3) is 0.286. The molecule has 0 atom stereocenters. The number of nitrogens with zero attached hydrogens (tertiary/aromatic N) is 2. The zero-order valence-electron chi connectivity index (χ0n) is 9.89. The van der Waals surface area contributed by atoms with Crippen molar-refractivity contribution in [2.24, 2.45) is 0 Å². The van der Waals surface area contributed by atoms with Crippen molar-refractivity contribution < 1.29 is 4.52 Å². The lowest BCUT2D eigenvalue weighted by molar-refractivity contribution is 0.378. The second-order valence-corrected chi connectivity index (χ2v) is 4.40. The summed E-state index contributed by atoms with van der Waals surface area (Å²) < 4.78 is 5.18. The van der Waals surface area contributed by atoms with E-state index in [4.69, 9.17) is 10.9 Å². The Morgan fingerprint density at radius 1 is 1.44 bits per heavy atom. The minimum atomic E-state index is 0.521. The van der Waals surface area contributed by atoms with Gasteiger partial charge in [-0.05, 0) is 31.0 Å². The largest absolute Gasteiger partial charge is 0.376 e. The normalized spacial score (nSPS) is 14.2. The average Bonchev–Trinajstić information content (AvgIpc) is 3.16. The van der Waals surface area contributed by atoms with Crippen LogP contribution in [0.15, 0.2) is 28.8 Å². The van der Waals surface area contributed by atoms with Gasteiger partial charge in [0.1, 0.15) is 0 Å². The molecular formula is C14H13N3O. The second-order valence-electron chi connectivity index (χ2n) is 4.40. The molecule has 4 heteroatoms. The van der Waals surface area contributed by atoms with Crippen LogP contribution in [0.2, 0.25) is 0 Å². The van der Waals surface area contributed by atoms with Crippen molar-refractivity contribution >= 4 is 5.69 Å². The van der Waals surface area contributed by atoms with Gasteiger partial charge >= 0.3 is 0 Å². The highest BCUT2D eigenvalue weighted by Gasteiger charge is 2.28. The molecule has 3 rings (SSSR count). The summed E-state index contributed by atoms with van der Waals surface area (Å²) in [6.45, 7) is 0.522. The molecule has 0 aliphatic heterocycles. The number of terminal acetylenes is 1. The maximum absolute atomic E-state index is 5.35. The van der Waals surface area contributed by atoms with Gasteiger partial charge < -0.3 is 9.84 Å². The van der Waals surface area contributed by atoms with Gasteiger partial charge in [0.05, 0.1) is 6.54 Å². The second kappa shape index (κ2) is 4.53. The molecule has 1 fully saturated rings. The Balaban J connectivity index is 1.64. The standard InChI is InChI=1S/C14H13N3O/c1-2-10-4-3-5-12(8-10)15-9-13-16-14(17-18-13)11-6-7-11/h1,3-5,8,11,15H,6-7,9H2. The maximum atomic E-state index is 5.35. The van der Waals surface area contributed by atoms with E-state index in [0.717, 1.165) is 17.1 Å². The van der Waals surface area contributed by atoms with Crippen LogP contribution in [0.5, 0.6) is 0 Å². The van der Waals surface area contributed by atoms with E-state index < -0.39 is 0 Å². The molecule has 0 saturated heterocycles. The summed E-state index contributed by atoms with van der Waals surface area (Å²) >= 11 is 0. The Labute approximate surface area is 105 Å². The molecule has 0 spiro atoms. The number of anilines is 1. The van der Waals surface area contributed by atoms with E-state index in [1.54, 1.807) is 0 Å². The summed E-state index contributed by atoms with van der Waals surface area (Å²) in [5.41, 5.74) is 1.81. The number of nitrogens with one attached hydrogen (secondary N) is 1. The zero-order valence-corrected chi connectivity index (χ0v) is 9.89. The lowest BCUT2D eigenvalue weighted by Crippen LogP contribution is -2.00. The van der Waals surface area contributed by atoms with Crippen LogP contribution >= 0.6 is 0 Å². The average molecular weight is 239 g/mol. The number of hydrogen-bond donors (Lipinski definition) is 1. The van der Waals surface area contributed by atoms with Crippen molar-refractivity contribution in [3.8, 4) is 12.3 Å². The quantitative estimate of drug-likeness (QED) is 0.833. The Morgan fingerprint density at radius 2 is 2.33 bits per heavy atom. The van der Waals surface area contributed by atoms with Gasteiger partial charge in [0.25, 0.3) is 0 Å². The van der Waals surface area contributed by atoms with Crippen LogP contribution in [0.4, 0.5) is 5.69 Å². The van der Waals surface area contributed by atoms with Gasteiger partial charge in [-0.25, -0.2) is 0 Å². The lowest BCUT2D eigenvalue weighted by Gasteiger charge is -2.03. The van der Waals surface area contributed by atoms with Crippen molar-refractivity contribution in [2.45, 2.75) is 25.3 Å². The molecule has 1 saturated carbocycles. The van der Waals surface area contributed by atoms with E-state index in [2.05, 4.69) is 21.4 Å². The topological polar surface area (TPSA) is 51.0 Å². The molecule has 1 aliphatic carbocycles. The van der Waals surface area contributed by atoms with Crippen LogP contribution in [0.3, 0.4) is 0 Å². The SMILES string of the molecule is C#Cc1cccc(NCc2nc(C3CC3)no2)c1. The minimum absolute atomic E-state index is 0.521. The molecule has 0 radical (unpaired) electrons. The van der Waals surface area contributed by atoms with Gasteiger partial charge in [-0.15, -0.1) is 6.42 Å². The number of hydrogen-bond acceptors (Lipinski definition) is 4. The minimum Gasteiger partial charge on any atom is -0.376 e. The third-order valence-electron chi connectivity index (χ3n) is 2.90. The highest BCUT2D eigenvalue weighted by Crippen LogP contribution is 2.38.